The lowest BCUT2D eigenvalue weighted by Gasteiger charge is -2.09. The molecule has 0 saturated carbocycles. The third-order valence-corrected chi connectivity index (χ3v) is 6.00. The van der Waals surface area contributed by atoms with Gasteiger partial charge in [-0.25, -0.2) is 4.39 Å². The molecule has 8 heteroatoms. The lowest BCUT2D eigenvalue weighted by molar-refractivity contribution is -0.125. The molecule has 1 N–H and O–H groups in total. The first-order valence-corrected chi connectivity index (χ1v) is 9.30. The van der Waals surface area contributed by atoms with Crippen LogP contribution in [0.5, 0.6) is 0 Å². The van der Waals surface area contributed by atoms with Crippen molar-refractivity contribution in [1.82, 2.24) is 0 Å². The minimum absolute atomic E-state index is 0.111. The maximum absolute atomic E-state index is 14.0. The Balaban J connectivity index is 1.49. The Hall–Kier alpha value is -2.43. The van der Waals surface area contributed by atoms with Crippen molar-refractivity contribution in [2.45, 2.75) is 31.8 Å². The molecule has 1 aliphatic heterocycles. The van der Waals surface area contributed by atoms with Crippen molar-refractivity contribution in [3.63, 3.8) is 0 Å². The van der Waals surface area contributed by atoms with E-state index in [4.69, 9.17) is 16.4 Å². The summed E-state index contributed by atoms with van der Waals surface area (Å²) < 4.78 is 14.0. The lowest BCUT2D eigenvalue weighted by atomic mass is 10.0. The summed E-state index contributed by atoms with van der Waals surface area (Å²) in [5.74, 6) is -0.921. The van der Waals surface area contributed by atoms with Crippen LogP contribution in [0.3, 0.4) is 0 Å². The topological polar surface area (TPSA) is 74.5 Å². The molecule has 2 aliphatic rings. The third kappa shape index (κ3) is 2.85. The molecule has 1 aromatic carbocycles. The van der Waals surface area contributed by atoms with Crippen LogP contribution in [-0.2, 0) is 22.5 Å². The normalized spacial score (nSPS) is 18.0. The van der Waals surface area contributed by atoms with E-state index in [-0.39, 0.29) is 17.0 Å². The molecule has 1 atom stereocenters. The SMILES string of the molecule is N#Cc1c(NC(=O)[C@@H]2CC(c3c(F)cccc3Cl)=NO2)sc2c1CCC2. The van der Waals surface area contributed by atoms with Crippen LogP contribution in [0.1, 0.15) is 34.4 Å². The average Bonchev–Trinajstić information content (AvgIpc) is 3.30. The highest BCUT2D eigenvalue weighted by Crippen LogP contribution is 2.38. The molecule has 1 aromatic heterocycles. The number of fused-ring (bicyclic) bond motifs is 1. The Labute approximate surface area is 158 Å². The quantitative estimate of drug-likeness (QED) is 0.861. The van der Waals surface area contributed by atoms with Gasteiger partial charge in [0.25, 0.3) is 5.91 Å². The fourth-order valence-electron chi connectivity index (χ4n) is 3.24. The van der Waals surface area contributed by atoms with Gasteiger partial charge in [0, 0.05) is 11.3 Å². The van der Waals surface area contributed by atoms with Crippen LogP contribution in [0, 0.1) is 17.1 Å². The van der Waals surface area contributed by atoms with E-state index < -0.39 is 17.8 Å². The zero-order valence-electron chi connectivity index (χ0n) is 13.5. The molecule has 0 spiro atoms. The minimum atomic E-state index is -0.885. The number of hydrogen-bond donors (Lipinski definition) is 1. The van der Waals surface area contributed by atoms with E-state index in [0.29, 0.717) is 16.3 Å². The molecule has 26 heavy (non-hydrogen) atoms. The molecule has 2 aromatic rings. The average molecular weight is 390 g/mol. The fourth-order valence-corrected chi connectivity index (χ4v) is 4.76. The number of hydrogen-bond acceptors (Lipinski definition) is 5. The summed E-state index contributed by atoms with van der Waals surface area (Å²) in [7, 11) is 0. The van der Waals surface area contributed by atoms with Crippen LogP contribution in [-0.4, -0.2) is 17.7 Å². The smallest absolute Gasteiger partial charge is 0.269 e. The van der Waals surface area contributed by atoms with Gasteiger partial charge in [0.15, 0.2) is 0 Å². The van der Waals surface area contributed by atoms with E-state index in [9.17, 15) is 14.4 Å². The van der Waals surface area contributed by atoms with Gasteiger partial charge in [-0.3, -0.25) is 4.79 Å². The van der Waals surface area contributed by atoms with E-state index in [1.54, 1.807) is 6.07 Å². The number of carbonyl (C=O) groups is 1. The number of nitriles is 1. The van der Waals surface area contributed by atoms with Gasteiger partial charge in [-0.15, -0.1) is 11.3 Å². The zero-order valence-corrected chi connectivity index (χ0v) is 15.1. The van der Waals surface area contributed by atoms with Gasteiger partial charge in [-0.2, -0.15) is 5.26 Å². The first-order chi connectivity index (χ1) is 12.6. The predicted octanol–water partition coefficient (Wildman–Crippen LogP) is 4.03. The fraction of sp³-hybridized carbons (Fsp3) is 0.278. The van der Waals surface area contributed by atoms with E-state index in [2.05, 4.69) is 16.5 Å². The van der Waals surface area contributed by atoms with Gasteiger partial charge in [0.2, 0.25) is 6.10 Å². The molecular weight excluding hydrogens is 377 g/mol. The van der Waals surface area contributed by atoms with Crippen LogP contribution in [0.4, 0.5) is 9.39 Å². The van der Waals surface area contributed by atoms with Crippen molar-refractivity contribution in [3.8, 4) is 6.07 Å². The van der Waals surface area contributed by atoms with Crippen molar-refractivity contribution in [3.05, 3.63) is 50.6 Å². The summed E-state index contributed by atoms with van der Waals surface area (Å²) >= 11 is 7.47. The van der Waals surface area contributed by atoms with Gasteiger partial charge >= 0.3 is 0 Å². The summed E-state index contributed by atoms with van der Waals surface area (Å²) in [6, 6.07) is 6.52. The number of thiophene rings is 1. The van der Waals surface area contributed by atoms with Gasteiger partial charge in [0.05, 0.1) is 21.9 Å². The van der Waals surface area contributed by atoms with Crippen LogP contribution < -0.4 is 5.32 Å². The number of rotatable bonds is 3. The van der Waals surface area contributed by atoms with Crippen molar-refractivity contribution >= 4 is 39.6 Å². The summed E-state index contributed by atoms with van der Waals surface area (Å²) in [6.07, 6.45) is 2.06. The molecule has 0 unspecified atom stereocenters. The highest BCUT2D eigenvalue weighted by atomic mass is 35.5. The van der Waals surface area contributed by atoms with Crippen LogP contribution in [0.2, 0.25) is 5.02 Å². The van der Waals surface area contributed by atoms with Gasteiger partial charge in [0.1, 0.15) is 16.9 Å². The third-order valence-electron chi connectivity index (χ3n) is 4.48. The summed E-state index contributed by atoms with van der Waals surface area (Å²) in [5.41, 5.74) is 2.02. The number of carbonyl (C=O) groups excluding carboxylic acids is 1. The molecule has 1 amide bonds. The zero-order chi connectivity index (χ0) is 18.3. The maximum atomic E-state index is 14.0. The second-order valence-corrected chi connectivity index (χ2v) is 7.61. The van der Waals surface area contributed by atoms with Gasteiger partial charge in [-0.05, 0) is 37.0 Å². The molecule has 0 saturated heterocycles. The summed E-state index contributed by atoms with van der Waals surface area (Å²) in [4.78, 5) is 18.9. The molecule has 132 valence electrons. The van der Waals surface area contributed by atoms with Gasteiger partial charge in [-0.1, -0.05) is 22.8 Å². The van der Waals surface area contributed by atoms with E-state index in [1.807, 2.05) is 0 Å². The molecule has 1 aliphatic carbocycles. The Morgan fingerprint density at radius 1 is 1.46 bits per heavy atom. The second kappa shape index (κ2) is 6.71. The maximum Gasteiger partial charge on any atom is 0.269 e. The second-order valence-electron chi connectivity index (χ2n) is 6.10. The van der Waals surface area contributed by atoms with Crippen molar-refractivity contribution in [2.75, 3.05) is 5.32 Å². The Kier molecular flexibility index (Phi) is 4.39. The molecule has 2 heterocycles. The van der Waals surface area contributed by atoms with Crippen molar-refractivity contribution in [1.29, 1.82) is 5.26 Å². The van der Waals surface area contributed by atoms with Crippen LogP contribution in [0.25, 0.3) is 0 Å². The van der Waals surface area contributed by atoms with E-state index in [0.717, 1.165) is 29.7 Å². The molecule has 0 fully saturated rings. The Bertz CT molecular complexity index is 959. The number of amides is 1. The highest BCUT2D eigenvalue weighted by Gasteiger charge is 2.32. The lowest BCUT2D eigenvalue weighted by Crippen LogP contribution is -2.28. The monoisotopic (exact) mass is 389 g/mol. The van der Waals surface area contributed by atoms with Crippen LogP contribution >= 0.6 is 22.9 Å². The Morgan fingerprint density at radius 2 is 2.31 bits per heavy atom. The number of aryl methyl sites for hydroxylation is 1. The highest BCUT2D eigenvalue weighted by molar-refractivity contribution is 7.16. The molecule has 5 nitrogen and oxygen atoms in total. The predicted molar refractivity (Wildman–Crippen MR) is 97.1 cm³/mol. The van der Waals surface area contributed by atoms with E-state index in [1.165, 1.54) is 23.5 Å². The van der Waals surface area contributed by atoms with Crippen molar-refractivity contribution in [2.24, 2.45) is 5.16 Å². The number of nitrogens with zero attached hydrogens (tertiary/aromatic N) is 2. The Morgan fingerprint density at radius 3 is 3.08 bits per heavy atom. The number of anilines is 1. The number of benzene rings is 1. The minimum Gasteiger partial charge on any atom is -0.382 e. The number of oxime groups is 1. The largest absolute Gasteiger partial charge is 0.382 e. The first kappa shape index (κ1) is 17.0. The van der Waals surface area contributed by atoms with E-state index >= 15 is 0 Å². The number of nitrogens with one attached hydrogen (secondary N) is 1. The van der Waals surface area contributed by atoms with Crippen LogP contribution in [0.15, 0.2) is 23.4 Å². The summed E-state index contributed by atoms with van der Waals surface area (Å²) in [5, 5.41) is 16.8. The molecular formula is C18H13ClFN3O2S. The van der Waals surface area contributed by atoms with Gasteiger partial charge < -0.3 is 10.2 Å². The first-order valence-electron chi connectivity index (χ1n) is 8.11. The molecule has 0 bridgehead atoms. The van der Waals surface area contributed by atoms with Crippen molar-refractivity contribution < 1.29 is 14.0 Å². The summed E-state index contributed by atoms with van der Waals surface area (Å²) in [6.45, 7) is 0. The standard InChI is InChI=1S/C18H13ClFN3O2S/c19-11-4-2-5-12(20)16(11)13-7-14(25-23-13)17(24)22-18-10(8-21)9-3-1-6-15(9)26-18/h2,4-5,14H,1,3,6-7H2,(H,22,24)/t14-/m0/s1. The number of halogens is 2. The molecule has 4 rings (SSSR count). The molecule has 0 radical (unpaired) electrons.